The fraction of sp³-hybridized carbons (Fsp3) is 0.706. The van der Waals surface area contributed by atoms with Gasteiger partial charge >= 0.3 is 0 Å². The zero-order valence-corrected chi connectivity index (χ0v) is 14.9. The van der Waals surface area contributed by atoms with E-state index in [1.807, 2.05) is 6.20 Å². The van der Waals surface area contributed by atoms with Gasteiger partial charge in [-0.1, -0.05) is 6.92 Å². The molecule has 2 rings (SSSR count). The molecule has 0 aromatic carbocycles. The van der Waals surface area contributed by atoms with Crippen molar-refractivity contribution in [1.29, 1.82) is 0 Å². The lowest BCUT2D eigenvalue weighted by Crippen LogP contribution is -2.39. The summed E-state index contributed by atoms with van der Waals surface area (Å²) in [5.41, 5.74) is 3.93. The zero-order valence-electron chi connectivity index (χ0n) is 14.1. The van der Waals surface area contributed by atoms with Crippen LogP contribution in [0.3, 0.4) is 0 Å². The average Bonchev–Trinajstić information content (AvgIpc) is 2.45. The smallest absolute Gasteiger partial charge is 0.0446 e. The molecule has 0 radical (unpaired) electrons. The van der Waals surface area contributed by atoms with Crippen LogP contribution >= 0.6 is 11.8 Å². The highest BCUT2D eigenvalue weighted by atomic mass is 32.2. The summed E-state index contributed by atoms with van der Waals surface area (Å²) >= 11 is 2.12. The molecule has 1 fully saturated rings. The lowest BCUT2D eigenvalue weighted by atomic mass is 10.1. The van der Waals surface area contributed by atoms with E-state index in [4.69, 9.17) is 0 Å². The van der Waals surface area contributed by atoms with Crippen molar-refractivity contribution in [2.75, 3.05) is 23.7 Å². The SMILES string of the molecule is CCC1CN(c2cc(C)ncc2CNC(C)(C)C)CCS1. The number of pyridine rings is 1. The Balaban J connectivity index is 2.18. The van der Waals surface area contributed by atoms with Gasteiger partial charge < -0.3 is 10.2 Å². The molecule has 0 saturated carbocycles. The molecule has 118 valence electrons. The van der Waals surface area contributed by atoms with E-state index in [0.29, 0.717) is 0 Å². The van der Waals surface area contributed by atoms with Crippen LogP contribution < -0.4 is 10.2 Å². The molecule has 1 N–H and O–H groups in total. The highest BCUT2D eigenvalue weighted by molar-refractivity contribution is 8.00. The van der Waals surface area contributed by atoms with Gasteiger partial charge in [0.1, 0.15) is 0 Å². The van der Waals surface area contributed by atoms with Gasteiger partial charge in [0, 0.05) is 59.3 Å². The van der Waals surface area contributed by atoms with Crippen LogP contribution in [0.2, 0.25) is 0 Å². The van der Waals surface area contributed by atoms with Gasteiger partial charge in [-0.05, 0) is 40.2 Å². The van der Waals surface area contributed by atoms with E-state index in [-0.39, 0.29) is 5.54 Å². The molecular weight excluding hydrogens is 278 g/mol. The molecule has 0 amide bonds. The van der Waals surface area contributed by atoms with E-state index in [9.17, 15) is 0 Å². The molecule has 1 unspecified atom stereocenters. The van der Waals surface area contributed by atoms with Gasteiger partial charge in [-0.2, -0.15) is 11.8 Å². The molecule has 1 aliphatic heterocycles. The van der Waals surface area contributed by atoms with Gasteiger partial charge in [-0.25, -0.2) is 0 Å². The lowest BCUT2D eigenvalue weighted by Gasteiger charge is -2.35. The maximum Gasteiger partial charge on any atom is 0.0446 e. The van der Waals surface area contributed by atoms with Crippen molar-refractivity contribution in [2.24, 2.45) is 0 Å². The molecule has 1 aromatic heterocycles. The molecule has 2 heterocycles. The molecule has 1 aromatic rings. The first-order valence-electron chi connectivity index (χ1n) is 7.96. The van der Waals surface area contributed by atoms with Crippen molar-refractivity contribution in [2.45, 2.75) is 58.4 Å². The van der Waals surface area contributed by atoms with E-state index >= 15 is 0 Å². The Morgan fingerprint density at radius 2 is 2.19 bits per heavy atom. The first kappa shape index (κ1) is 16.6. The number of thioether (sulfide) groups is 1. The van der Waals surface area contributed by atoms with Crippen molar-refractivity contribution in [1.82, 2.24) is 10.3 Å². The van der Waals surface area contributed by atoms with E-state index in [1.54, 1.807) is 0 Å². The van der Waals surface area contributed by atoms with Crippen LogP contribution in [0, 0.1) is 6.92 Å². The Morgan fingerprint density at radius 1 is 1.43 bits per heavy atom. The number of rotatable bonds is 4. The highest BCUT2D eigenvalue weighted by Crippen LogP contribution is 2.28. The van der Waals surface area contributed by atoms with Crippen molar-refractivity contribution < 1.29 is 0 Å². The van der Waals surface area contributed by atoms with E-state index < -0.39 is 0 Å². The van der Waals surface area contributed by atoms with Crippen LogP contribution in [0.4, 0.5) is 5.69 Å². The largest absolute Gasteiger partial charge is 0.369 e. The number of hydrogen-bond acceptors (Lipinski definition) is 4. The fourth-order valence-corrected chi connectivity index (χ4v) is 3.73. The van der Waals surface area contributed by atoms with Gasteiger partial charge in [-0.3, -0.25) is 4.98 Å². The van der Waals surface area contributed by atoms with Crippen LogP contribution in [0.15, 0.2) is 12.3 Å². The average molecular weight is 308 g/mol. The van der Waals surface area contributed by atoms with Crippen LogP contribution in [0.5, 0.6) is 0 Å². The number of aryl methyl sites for hydroxylation is 1. The molecule has 0 bridgehead atoms. The predicted octanol–water partition coefficient (Wildman–Crippen LogP) is 3.61. The maximum absolute atomic E-state index is 4.50. The first-order valence-corrected chi connectivity index (χ1v) is 9.01. The van der Waals surface area contributed by atoms with Crippen LogP contribution in [-0.2, 0) is 6.54 Å². The Hall–Kier alpha value is -0.740. The summed E-state index contributed by atoms with van der Waals surface area (Å²) in [4.78, 5) is 7.06. The topological polar surface area (TPSA) is 28.2 Å². The molecule has 0 spiro atoms. The summed E-state index contributed by atoms with van der Waals surface area (Å²) in [6.07, 6.45) is 3.30. The molecule has 0 aliphatic carbocycles. The van der Waals surface area contributed by atoms with Crippen LogP contribution in [0.25, 0.3) is 0 Å². The second kappa shape index (κ2) is 7.01. The summed E-state index contributed by atoms with van der Waals surface area (Å²) in [5, 5.41) is 4.35. The van der Waals surface area contributed by atoms with E-state index in [0.717, 1.165) is 30.6 Å². The van der Waals surface area contributed by atoms with Gasteiger partial charge in [-0.15, -0.1) is 0 Å². The Labute approximate surface area is 133 Å². The minimum Gasteiger partial charge on any atom is -0.369 e. The third kappa shape index (κ3) is 4.89. The summed E-state index contributed by atoms with van der Waals surface area (Å²) in [7, 11) is 0. The molecular formula is C17H29N3S. The Kier molecular flexibility index (Phi) is 5.55. The van der Waals surface area contributed by atoms with E-state index in [1.165, 1.54) is 23.4 Å². The third-order valence-electron chi connectivity index (χ3n) is 3.84. The minimum atomic E-state index is 0.131. The summed E-state index contributed by atoms with van der Waals surface area (Å²) < 4.78 is 0. The van der Waals surface area contributed by atoms with Gasteiger partial charge in [0.15, 0.2) is 0 Å². The second-order valence-electron chi connectivity index (χ2n) is 6.91. The zero-order chi connectivity index (χ0) is 15.5. The normalized spacial score (nSPS) is 19.9. The molecule has 21 heavy (non-hydrogen) atoms. The molecule has 1 atom stereocenters. The minimum absolute atomic E-state index is 0.131. The third-order valence-corrected chi connectivity index (χ3v) is 5.21. The van der Waals surface area contributed by atoms with Gasteiger partial charge in [0.2, 0.25) is 0 Å². The van der Waals surface area contributed by atoms with Crippen LogP contribution in [0.1, 0.15) is 45.4 Å². The van der Waals surface area contributed by atoms with Crippen LogP contribution in [-0.4, -0.2) is 34.6 Å². The fourth-order valence-electron chi connectivity index (χ4n) is 2.55. The number of hydrogen-bond donors (Lipinski definition) is 1. The van der Waals surface area contributed by atoms with E-state index in [2.05, 4.69) is 67.6 Å². The summed E-state index contributed by atoms with van der Waals surface area (Å²) in [6, 6.07) is 2.25. The second-order valence-corrected chi connectivity index (χ2v) is 8.31. The molecule has 1 aliphatic rings. The number of anilines is 1. The molecule has 3 nitrogen and oxygen atoms in total. The van der Waals surface area contributed by atoms with Gasteiger partial charge in [0.05, 0.1) is 0 Å². The standard InChI is InChI=1S/C17H29N3S/c1-6-15-12-20(7-8-21-15)16-9-13(2)18-10-14(16)11-19-17(3,4)5/h9-10,15,19H,6-8,11-12H2,1-5H3. The summed E-state index contributed by atoms with van der Waals surface area (Å²) in [5.74, 6) is 1.23. The number of nitrogens with zero attached hydrogens (tertiary/aromatic N) is 2. The number of nitrogens with one attached hydrogen (secondary N) is 1. The van der Waals surface area contributed by atoms with Crippen molar-refractivity contribution in [3.05, 3.63) is 23.5 Å². The van der Waals surface area contributed by atoms with Crippen molar-refractivity contribution in [3.8, 4) is 0 Å². The van der Waals surface area contributed by atoms with Crippen molar-refractivity contribution >= 4 is 17.4 Å². The molecule has 1 saturated heterocycles. The first-order chi connectivity index (χ1) is 9.89. The van der Waals surface area contributed by atoms with Gasteiger partial charge in [0.25, 0.3) is 0 Å². The molecule has 4 heteroatoms. The summed E-state index contributed by atoms with van der Waals surface area (Å²) in [6.45, 7) is 14.2. The Morgan fingerprint density at radius 3 is 2.86 bits per heavy atom. The highest BCUT2D eigenvalue weighted by Gasteiger charge is 2.22. The lowest BCUT2D eigenvalue weighted by molar-refractivity contribution is 0.424. The quantitative estimate of drug-likeness (QED) is 0.920. The maximum atomic E-state index is 4.50. The number of aromatic nitrogens is 1. The predicted molar refractivity (Wildman–Crippen MR) is 94.3 cm³/mol. The Bertz CT molecular complexity index is 468. The van der Waals surface area contributed by atoms with Crippen molar-refractivity contribution in [3.63, 3.8) is 0 Å². The monoisotopic (exact) mass is 307 g/mol.